The molecule has 3 rings (SSSR count). The van der Waals surface area contributed by atoms with Crippen LogP contribution in [0.2, 0.25) is 0 Å². The highest BCUT2D eigenvalue weighted by Crippen LogP contribution is 2.31. The van der Waals surface area contributed by atoms with Crippen LogP contribution in [0.3, 0.4) is 0 Å². The molecule has 100 valence electrons. The second-order valence-corrected chi connectivity index (χ2v) is 5.72. The first-order valence-electron chi connectivity index (χ1n) is 6.12. The molecule has 0 radical (unpaired) electrons. The summed E-state index contributed by atoms with van der Waals surface area (Å²) in [5.74, 6) is 0.766. The summed E-state index contributed by atoms with van der Waals surface area (Å²) in [6.45, 7) is 3.22. The second-order valence-electron chi connectivity index (χ2n) is 4.86. The van der Waals surface area contributed by atoms with E-state index in [-0.39, 0.29) is 5.89 Å². The molecule has 6 heteroatoms. The van der Waals surface area contributed by atoms with E-state index in [9.17, 15) is 5.11 Å². The molecule has 0 aliphatic carbocycles. The van der Waals surface area contributed by atoms with E-state index in [1.807, 2.05) is 25.1 Å². The Kier molecular flexibility index (Phi) is 3.16. The average Bonchev–Trinajstić information content (AvgIpc) is 2.99. The van der Waals surface area contributed by atoms with Gasteiger partial charge < -0.3 is 14.9 Å². The molecule has 1 fully saturated rings. The van der Waals surface area contributed by atoms with E-state index < -0.39 is 5.60 Å². The van der Waals surface area contributed by atoms with Crippen molar-refractivity contribution in [2.45, 2.75) is 18.9 Å². The van der Waals surface area contributed by atoms with Gasteiger partial charge in [0, 0.05) is 16.6 Å². The van der Waals surface area contributed by atoms with Crippen molar-refractivity contribution >= 4 is 15.9 Å². The van der Waals surface area contributed by atoms with Gasteiger partial charge in [-0.15, -0.1) is 0 Å². The first kappa shape index (κ1) is 12.8. The van der Waals surface area contributed by atoms with Gasteiger partial charge in [0.2, 0.25) is 5.82 Å². The highest BCUT2D eigenvalue weighted by Gasteiger charge is 2.38. The predicted octanol–water partition coefficient (Wildman–Crippen LogP) is 1.99. The molecule has 1 unspecified atom stereocenters. The molecule has 1 aromatic heterocycles. The van der Waals surface area contributed by atoms with Crippen LogP contribution < -0.4 is 5.32 Å². The summed E-state index contributed by atoms with van der Waals surface area (Å²) in [6, 6.07) is 5.92. The van der Waals surface area contributed by atoms with E-state index in [0.29, 0.717) is 18.8 Å². The lowest BCUT2D eigenvalue weighted by Gasteiger charge is -2.14. The molecule has 19 heavy (non-hydrogen) atoms. The minimum atomic E-state index is -1.04. The van der Waals surface area contributed by atoms with Crippen LogP contribution in [-0.4, -0.2) is 28.3 Å². The van der Waals surface area contributed by atoms with Crippen LogP contribution >= 0.6 is 15.9 Å². The van der Waals surface area contributed by atoms with Gasteiger partial charge in [-0.3, -0.25) is 0 Å². The molecule has 0 saturated carbocycles. The average molecular weight is 324 g/mol. The molecule has 1 atom stereocenters. The van der Waals surface area contributed by atoms with Crippen LogP contribution in [0.1, 0.15) is 17.9 Å². The molecule has 1 aliphatic rings. The Morgan fingerprint density at radius 1 is 1.47 bits per heavy atom. The maximum atomic E-state index is 10.4. The minimum absolute atomic E-state index is 0.278. The molecule has 0 bridgehead atoms. The van der Waals surface area contributed by atoms with Gasteiger partial charge >= 0.3 is 0 Å². The van der Waals surface area contributed by atoms with Crippen molar-refractivity contribution < 1.29 is 9.63 Å². The monoisotopic (exact) mass is 323 g/mol. The SMILES string of the molecule is Cc1ccc(-c2noc(C3(O)CCNC3)n2)c(Br)c1. The quantitative estimate of drug-likeness (QED) is 0.884. The molecule has 2 N–H and O–H groups in total. The van der Waals surface area contributed by atoms with E-state index >= 15 is 0 Å². The summed E-state index contributed by atoms with van der Waals surface area (Å²) in [5.41, 5.74) is 0.968. The summed E-state index contributed by atoms with van der Waals surface area (Å²) in [7, 11) is 0. The van der Waals surface area contributed by atoms with Crippen molar-refractivity contribution in [3.63, 3.8) is 0 Å². The molecule has 0 amide bonds. The van der Waals surface area contributed by atoms with Crippen LogP contribution in [0.25, 0.3) is 11.4 Å². The minimum Gasteiger partial charge on any atom is -0.379 e. The first-order valence-corrected chi connectivity index (χ1v) is 6.92. The third-order valence-corrected chi connectivity index (χ3v) is 3.98. The van der Waals surface area contributed by atoms with Gasteiger partial charge in [0.15, 0.2) is 5.60 Å². The van der Waals surface area contributed by atoms with Crippen LogP contribution in [0.5, 0.6) is 0 Å². The summed E-state index contributed by atoms with van der Waals surface area (Å²) < 4.78 is 6.13. The Hall–Kier alpha value is -1.24. The van der Waals surface area contributed by atoms with Gasteiger partial charge in [-0.05, 0) is 37.6 Å². The lowest BCUT2D eigenvalue weighted by molar-refractivity contribution is 0.0243. The van der Waals surface area contributed by atoms with Crippen LogP contribution in [0.15, 0.2) is 27.2 Å². The van der Waals surface area contributed by atoms with Gasteiger partial charge in [-0.25, -0.2) is 0 Å². The number of hydrogen-bond acceptors (Lipinski definition) is 5. The standard InChI is InChI=1S/C13H14BrN3O2/c1-8-2-3-9(10(14)6-8)11-16-12(19-17-11)13(18)4-5-15-7-13/h2-3,6,15,18H,4-5,7H2,1H3. The molecule has 0 spiro atoms. The number of aromatic nitrogens is 2. The molecular weight excluding hydrogens is 310 g/mol. The fourth-order valence-electron chi connectivity index (χ4n) is 2.18. The van der Waals surface area contributed by atoms with E-state index in [1.165, 1.54) is 0 Å². The molecule has 5 nitrogen and oxygen atoms in total. The number of nitrogens with one attached hydrogen (secondary N) is 1. The highest BCUT2D eigenvalue weighted by molar-refractivity contribution is 9.10. The van der Waals surface area contributed by atoms with Crippen molar-refractivity contribution in [3.05, 3.63) is 34.1 Å². The Balaban J connectivity index is 1.97. The zero-order valence-corrected chi connectivity index (χ0v) is 12.1. The summed E-state index contributed by atoms with van der Waals surface area (Å²) in [6.07, 6.45) is 0.587. The molecular formula is C13H14BrN3O2. The van der Waals surface area contributed by atoms with Gasteiger partial charge in [-0.1, -0.05) is 27.2 Å². The van der Waals surface area contributed by atoms with Crippen molar-refractivity contribution in [1.29, 1.82) is 0 Å². The Bertz CT molecular complexity index is 606. The summed E-state index contributed by atoms with van der Waals surface area (Å²) >= 11 is 3.49. The Morgan fingerprint density at radius 3 is 3.00 bits per heavy atom. The molecule has 1 saturated heterocycles. The third kappa shape index (κ3) is 2.31. The van der Waals surface area contributed by atoms with Crippen LogP contribution in [0.4, 0.5) is 0 Å². The molecule has 2 aromatic rings. The van der Waals surface area contributed by atoms with Crippen molar-refractivity contribution in [2.75, 3.05) is 13.1 Å². The summed E-state index contributed by atoms with van der Waals surface area (Å²) in [4.78, 5) is 4.33. The number of benzene rings is 1. The highest BCUT2D eigenvalue weighted by atomic mass is 79.9. The zero-order chi connectivity index (χ0) is 13.5. The topological polar surface area (TPSA) is 71.2 Å². The Labute approximate surface area is 119 Å². The zero-order valence-electron chi connectivity index (χ0n) is 10.5. The smallest absolute Gasteiger partial charge is 0.260 e. The fraction of sp³-hybridized carbons (Fsp3) is 0.385. The van der Waals surface area contributed by atoms with Crippen molar-refractivity contribution in [1.82, 2.24) is 15.5 Å². The molecule has 1 aliphatic heterocycles. The lowest BCUT2D eigenvalue weighted by Crippen LogP contribution is -2.28. The first-order chi connectivity index (χ1) is 9.08. The normalized spacial score (nSPS) is 22.9. The van der Waals surface area contributed by atoms with E-state index in [1.54, 1.807) is 0 Å². The number of halogens is 1. The maximum absolute atomic E-state index is 10.4. The number of rotatable bonds is 2. The van der Waals surface area contributed by atoms with E-state index in [2.05, 4.69) is 31.4 Å². The number of aryl methyl sites for hydroxylation is 1. The Morgan fingerprint density at radius 2 is 2.32 bits per heavy atom. The third-order valence-electron chi connectivity index (χ3n) is 3.32. The molecule has 2 heterocycles. The van der Waals surface area contributed by atoms with Gasteiger partial charge in [0.25, 0.3) is 5.89 Å². The van der Waals surface area contributed by atoms with E-state index in [0.717, 1.165) is 22.1 Å². The second kappa shape index (κ2) is 4.70. The largest absolute Gasteiger partial charge is 0.379 e. The fourth-order valence-corrected chi connectivity index (χ4v) is 2.86. The lowest BCUT2D eigenvalue weighted by atomic mass is 10.0. The van der Waals surface area contributed by atoms with Gasteiger partial charge in [0.1, 0.15) is 0 Å². The van der Waals surface area contributed by atoms with Crippen molar-refractivity contribution in [2.24, 2.45) is 0 Å². The van der Waals surface area contributed by atoms with E-state index in [4.69, 9.17) is 4.52 Å². The maximum Gasteiger partial charge on any atom is 0.260 e. The summed E-state index contributed by atoms with van der Waals surface area (Å²) in [5, 5.41) is 17.4. The van der Waals surface area contributed by atoms with Crippen LogP contribution in [-0.2, 0) is 5.60 Å². The number of nitrogens with zero attached hydrogens (tertiary/aromatic N) is 2. The van der Waals surface area contributed by atoms with Crippen molar-refractivity contribution in [3.8, 4) is 11.4 Å². The number of β-amino-alcohol motifs (C(OH)–C–C–N with tert-alkyl or cyclic N) is 1. The number of hydrogen-bond donors (Lipinski definition) is 2. The molecule has 1 aromatic carbocycles. The van der Waals surface area contributed by atoms with Crippen LogP contribution in [0, 0.1) is 6.92 Å². The predicted molar refractivity (Wildman–Crippen MR) is 73.6 cm³/mol. The van der Waals surface area contributed by atoms with Gasteiger partial charge in [0.05, 0.1) is 0 Å². The number of aliphatic hydroxyl groups is 1. The van der Waals surface area contributed by atoms with Gasteiger partial charge in [-0.2, -0.15) is 4.98 Å².